The zero-order valence-corrected chi connectivity index (χ0v) is 28.6. The molecule has 8 atom stereocenters. The first-order valence-corrected chi connectivity index (χ1v) is 16.3. The molecule has 3 rings (SSSR count). The lowest BCUT2D eigenvalue weighted by Gasteiger charge is -2.38. The zero-order valence-electron chi connectivity index (χ0n) is 28.6. The smallest absolute Gasteiger partial charge is 0.331 e. The molecule has 0 fully saturated rings. The maximum absolute atomic E-state index is 12.9. The van der Waals surface area contributed by atoms with Gasteiger partial charge in [0.15, 0.2) is 0 Å². The van der Waals surface area contributed by atoms with Crippen LogP contribution in [-0.2, 0) is 19.1 Å². The second-order valence-electron chi connectivity index (χ2n) is 13.3. The third-order valence-electron chi connectivity index (χ3n) is 8.99. The summed E-state index contributed by atoms with van der Waals surface area (Å²) in [6.45, 7) is 13.1. The Morgan fingerprint density at radius 2 is 1.89 bits per heavy atom. The average molecular weight is 643 g/mol. The molecule has 0 saturated heterocycles. The van der Waals surface area contributed by atoms with E-state index in [9.17, 15) is 19.5 Å². The fourth-order valence-corrected chi connectivity index (χ4v) is 6.02. The van der Waals surface area contributed by atoms with Crippen LogP contribution in [0.25, 0.3) is 0 Å². The van der Waals surface area contributed by atoms with Crippen LogP contribution < -0.4 is 10.6 Å². The molecule has 0 radical (unpaired) electrons. The van der Waals surface area contributed by atoms with Gasteiger partial charge in [-0.1, -0.05) is 86.6 Å². The highest BCUT2D eigenvalue weighted by Crippen LogP contribution is 2.41. The van der Waals surface area contributed by atoms with Crippen molar-refractivity contribution in [2.75, 3.05) is 0 Å². The molecule has 0 aromatic heterocycles. The van der Waals surface area contributed by atoms with E-state index < -0.39 is 35.8 Å². The molecular formula is C38H50N4O5. The Bertz CT molecular complexity index is 1450. The number of nitrogens with zero attached hydrogens (tertiary/aromatic N) is 2. The molecule has 3 N–H and O–H groups in total. The van der Waals surface area contributed by atoms with Crippen molar-refractivity contribution in [2.24, 2.45) is 33.4 Å². The first-order chi connectivity index (χ1) is 22.2. The predicted octanol–water partition coefficient (Wildman–Crippen LogP) is 5.83. The molecule has 0 aromatic rings. The SMILES string of the molecule is C#CCCC1(C=CC(=O)N[C@@H]2C=C[C@@H]3/C=C(C)\C=C/[C@@H](C)[C@H]([C@H](C)[C@H](O)[C@@H](C)NC(C)=O)OC(=O)\C=C/C=C(C)\C=C/[C@]3(C)C2)N=N1. The van der Waals surface area contributed by atoms with Gasteiger partial charge in [0.1, 0.15) is 6.10 Å². The topological polar surface area (TPSA) is 129 Å². The number of ether oxygens (including phenoxy) is 1. The third-order valence-corrected chi connectivity index (χ3v) is 8.99. The van der Waals surface area contributed by atoms with Crippen LogP contribution in [0.4, 0.5) is 0 Å². The molecule has 2 aliphatic heterocycles. The Labute approximate surface area is 279 Å². The molecule has 0 unspecified atom stereocenters. The van der Waals surface area contributed by atoms with Gasteiger partial charge in [-0.05, 0) is 38.7 Å². The Kier molecular flexibility index (Phi) is 13.1. The maximum Gasteiger partial charge on any atom is 0.331 e. The van der Waals surface area contributed by atoms with E-state index >= 15 is 0 Å². The molecule has 9 nitrogen and oxygen atoms in total. The summed E-state index contributed by atoms with van der Waals surface area (Å²) in [7, 11) is 0. The van der Waals surface area contributed by atoms with Crippen LogP contribution in [0.15, 0.2) is 94.3 Å². The van der Waals surface area contributed by atoms with Crippen molar-refractivity contribution >= 4 is 17.8 Å². The van der Waals surface area contributed by atoms with Gasteiger partial charge in [-0.25, -0.2) is 4.79 Å². The van der Waals surface area contributed by atoms with Crippen molar-refractivity contribution < 1.29 is 24.2 Å². The number of nitrogens with one attached hydrogen (secondary N) is 2. The summed E-state index contributed by atoms with van der Waals surface area (Å²) >= 11 is 0. The number of allylic oxidation sites excluding steroid dienone is 9. The zero-order chi connectivity index (χ0) is 34.8. The van der Waals surface area contributed by atoms with E-state index in [0.717, 1.165) is 11.1 Å². The Morgan fingerprint density at radius 3 is 2.55 bits per heavy atom. The first-order valence-electron chi connectivity index (χ1n) is 16.3. The summed E-state index contributed by atoms with van der Waals surface area (Å²) in [6.07, 6.45) is 28.2. The minimum Gasteiger partial charge on any atom is -0.458 e. The van der Waals surface area contributed by atoms with Gasteiger partial charge in [0, 0.05) is 55.7 Å². The van der Waals surface area contributed by atoms with Crippen LogP contribution in [-0.4, -0.2) is 52.8 Å². The van der Waals surface area contributed by atoms with Gasteiger partial charge in [-0.15, -0.1) is 12.3 Å². The normalized spacial score (nSPS) is 33.3. The molecule has 1 aliphatic carbocycles. The number of amides is 2. The fraction of sp³-hybridized carbons (Fsp3) is 0.500. The minimum atomic E-state index is -0.934. The van der Waals surface area contributed by atoms with Crippen molar-refractivity contribution in [3.05, 3.63) is 84.1 Å². The number of carbonyl (C=O) groups is 3. The molecule has 2 heterocycles. The first kappa shape index (κ1) is 37.2. The standard InChI is InChI=1S/C38H50N4O5/c1-9-10-20-38(41-42-38)22-19-33(44)40-32-17-16-31-23-26(3)14-15-27(4)36(28(5)35(46)29(6)39-30(7)43)47-34(45)13-11-12-25(2)18-21-37(31,8)24-32/h1,11-19,21-23,27-29,31-32,35-36,46H,10,20,24H2,2-8H3,(H,39,43)(H,40,44)/b13-11-,15-14-,21-18-,22-19?,25-12-,26-23-/t27-,28-,29-,31-,32-,35+,36-,37-/m1/s1. The van der Waals surface area contributed by atoms with E-state index in [-0.39, 0.29) is 35.1 Å². The molecular weight excluding hydrogens is 592 g/mol. The third kappa shape index (κ3) is 11.2. The fourth-order valence-electron chi connectivity index (χ4n) is 6.02. The van der Waals surface area contributed by atoms with Crippen LogP contribution in [0.5, 0.6) is 0 Å². The molecule has 0 saturated carbocycles. The summed E-state index contributed by atoms with van der Waals surface area (Å²) in [5, 5.41) is 25.0. The van der Waals surface area contributed by atoms with E-state index in [1.165, 1.54) is 19.1 Å². The van der Waals surface area contributed by atoms with Crippen LogP contribution in [0.1, 0.15) is 67.7 Å². The summed E-state index contributed by atoms with van der Waals surface area (Å²) < 4.78 is 5.89. The van der Waals surface area contributed by atoms with Crippen LogP contribution in [0.2, 0.25) is 0 Å². The van der Waals surface area contributed by atoms with Crippen molar-refractivity contribution in [2.45, 2.75) is 97.7 Å². The van der Waals surface area contributed by atoms with Gasteiger partial charge >= 0.3 is 5.97 Å². The number of terminal acetylenes is 1. The van der Waals surface area contributed by atoms with Gasteiger partial charge in [0.05, 0.1) is 12.1 Å². The number of aliphatic hydroxyl groups excluding tert-OH is 1. The van der Waals surface area contributed by atoms with E-state index in [4.69, 9.17) is 11.2 Å². The number of hydrogen-bond donors (Lipinski definition) is 3. The van der Waals surface area contributed by atoms with Gasteiger partial charge in [-0.3, -0.25) is 9.59 Å². The van der Waals surface area contributed by atoms with Gasteiger partial charge in [0.25, 0.3) is 0 Å². The number of aliphatic hydroxyl groups is 1. The lowest BCUT2D eigenvalue weighted by atomic mass is 9.68. The summed E-state index contributed by atoms with van der Waals surface area (Å²) in [5.74, 6) is 0.951. The summed E-state index contributed by atoms with van der Waals surface area (Å²) in [6, 6.07) is -0.706. The molecule has 2 amide bonds. The molecule has 252 valence electrons. The van der Waals surface area contributed by atoms with Crippen molar-refractivity contribution in [1.29, 1.82) is 0 Å². The molecule has 0 bridgehead atoms. The number of hydrogen-bond acceptors (Lipinski definition) is 7. The highest BCUT2D eigenvalue weighted by molar-refractivity contribution is 5.88. The average Bonchev–Trinajstić information content (AvgIpc) is 3.79. The van der Waals surface area contributed by atoms with Crippen LogP contribution in [0.3, 0.4) is 0 Å². The van der Waals surface area contributed by atoms with Crippen molar-refractivity contribution in [1.82, 2.24) is 10.6 Å². The van der Waals surface area contributed by atoms with E-state index in [1.54, 1.807) is 19.1 Å². The Balaban J connectivity index is 1.87. The predicted molar refractivity (Wildman–Crippen MR) is 185 cm³/mol. The Morgan fingerprint density at radius 1 is 1.17 bits per heavy atom. The molecule has 47 heavy (non-hydrogen) atoms. The highest BCUT2D eigenvalue weighted by Gasteiger charge is 2.38. The second-order valence-corrected chi connectivity index (χ2v) is 13.3. The monoisotopic (exact) mass is 642 g/mol. The summed E-state index contributed by atoms with van der Waals surface area (Å²) in [4.78, 5) is 37.3. The van der Waals surface area contributed by atoms with Crippen molar-refractivity contribution in [3.8, 4) is 12.3 Å². The van der Waals surface area contributed by atoms with Gasteiger partial charge < -0.3 is 20.5 Å². The quantitative estimate of drug-likeness (QED) is 0.126. The second kappa shape index (κ2) is 16.5. The van der Waals surface area contributed by atoms with E-state index in [1.807, 2.05) is 58.1 Å². The number of esters is 1. The van der Waals surface area contributed by atoms with Crippen LogP contribution in [0, 0.1) is 35.5 Å². The highest BCUT2D eigenvalue weighted by atomic mass is 16.5. The maximum atomic E-state index is 12.9. The number of rotatable bonds is 9. The number of cyclic esters (lactones) is 1. The molecule has 9 heteroatoms. The molecule has 0 spiro atoms. The Hall–Kier alpha value is -4.29. The number of carbonyl (C=O) groups excluding carboxylic acids is 3. The largest absolute Gasteiger partial charge is 0.458 e. The lowest BCUT2D eigenvalue weighted by Crippen LogP contribution is -2.48. The minimum absolute atomic E-state index is 0.0441. The molecule has 0 aromatic carbocycles. The van der Waals surface area contributed by atoms with Crippen LogP contribution >= 0.6 is 0 Å². The molecule has 3 aliphatic rings. The lowest BCUT2D eigenvalue weighted by molar-refractivity contribution is -0.151. The van der Waals surface area contributed by atoms with Gasteiger partial charge in [0.2, 0.25) is 17.5 Å². The van der Waals surface area contributed by atoms with Gasteiger partial charge in [-0.2, -0.15) is 10.2 Å². The van der Waals surface area contributed by atoms with Crippen molar-refractivity contribution in [3.63, 3.8) is 0 Å². The summed E-state index contributed by atoms with van der Waals surface area (Å²) in [5.41, 5.74) is 0.962. The van der Waals surface area contributed by atoms with E-state index in [2.05, 4.69) is 51.9 Å². The van der Waals surface area contributed by atoms with E-state index in [0.29, 0.717) is 19.3 Å². The number of fused-ring (bicyclic) bond motifs is 1.